The van der Waals surface area contributed by atoms with Crippen molar-refractivity contribution in [1.29, 1.82) is 0 Å². The predicted molar refractivity (Wildman–Crippen MR) is 95.4 cm³/mol. The second-order valence-corrected chi connectivity index (χ2v) is 5.76. The molecular formula is C17H18BrN3O3. The molecule has 1 heterocycles. The van der Waals surface area contributed by atoms with E-state index in [1.807, 2.05) is 24.3 Å². The van der Waals surface area contributed by atoms with Crippen LogP contribution in [-0.4, -0.2) is 28.0 Å². The van der Waals surface area contributed by atoms with Crippen LogP contribution in [0.4, 0.5) is 5.82 Å². The summed E-state index contributed by atoms with van der Waals surface area (Å²) in [5.41, 5.74) is 1.16. The number of carbonyl (C=O) groups is 1. The van der Waals surface area contributed by atoms with Gasteiger partial charge < -0.3 is 15.2 Å². The third-order valence-corrected chi connectivity index (χ3v) is 3.64. The molecule has 7 heteroatoms. The van der Waals surface area contributed by atoms with E-state index in [2.05, 4.69) is 31.2 Å². The van der Waals surface area contributed by atoms with Crippen molar-refractivity contribution in [2.24, 2.45) is 0 Å². The number of ether oxygens (including phenoxy) is 1. The maximum absolute atomic E-state index is 12.3. The molecule has 0 amide bonds. The van der Waals surface area contributed by atoms with Crippen LogP contribution >= 0.6 is 15.9 Å². The quantitative estimate of drug-likeness (QED) is 0.423. The highest BCUT2D eigenvalue weighted by molar-refractivity contribution is 9.10. The number of carbonyl (C=O) groups excluding carboxylic acids is 1. The first kappa shape index (κ1) is 17.9. The number of hydrogen-bond acceptors (Lipinski definition) is 6. The molecule has 1 aromatic carbocycles. The molecule has 0 aliphatic carbocycles. The number of rotatable bonds is 7. The first-order valence-electron chi connectivity index (χ1n) is 7.36. The van der Waals surface area contributed by atoms with E-state index < -0.39 is 5.78 Å². The molecule has 0 unspecified atom stereocenters. The van der Waals surface area contributed by atoms with E-state index in [1.54, 1.807) is 14.0 Å². The summed E-state index contributed by atoms with van der Waals surface area (Å²) >= 11 is 3.21. The standard InChI is InChI=1S/C17H18BrN3O3/c1-3-12(22)8-14(23)16-17(20-10-15(18)21-16)19-9-11-4-6-13(24-2)7-5-11/h4-8,10,22H,3,9H2,1-2H3,(H,19,20)/b12-8-. The highest BCUT2D eigenvalue weighted by atomic mass is 79.9. The van der Waals surface area contributed by atoms with Crippen molar-refractivity contribution >= 4 is 27.5 Å². The number of anilines is 1. The second kappa shape index (κ2) is 8.44. The number of aliphatic hydroxyl groups excluding tert-OH is 1. The minimum atomic E-state index is -0.402. The van der Waals surface area contributed by atoms with Crippen LogP contribution in [0.2, 0.25) is 0 Å². The van der Waals surface area contributed by atoms with Gasteiger partial charge in [-0.25, -0.2) is 9.97 Å². The van der Waals surface area contributed by atoms with Gasteiger partial charge in [-0.15, -0.1) is 0 Å². The molecule has 2 rings (SSSR count). The van der Waals surface area contributed by atoms with E-state index in [0.29, 0.717) is 23.4 Å². The fourth-order valence-corrected chi connectivity index (χ4v) is 2.20. The molecule has 2 N–H and O–H groups in total. The van der Waals surface area contributed by atoms with E-state index in [9.17, 15) is 9.90 Å². The third kappa shape index (κ3) is 4.79. The van der Waals surface area contributed by atoms with Crippen LogP contribution in [0.5, 0.6) is 5.75 Å². The van der Waals surface area contributed by atoms with Gasteiger partial charge in [-0.3, -0.25) is 4.79 Å². The Hall–Kier alpha value is -2.41. The summed E-state index contributed by atoms with van der Waals surface area (Å²) in [6.07, 6.45) is 3.05. The number of halogens is 1. The van der Waals surface area contributed by atoms with E-state index in [1.165, 1.54) is 6.20 Å². The highest BCUT2D eigenvalue weighted by Crippen LogP contribution is 2.18. The zero-order chi connectivity index (χ0) is 17.5. The lowest BCUT2D eigenvalue weighted by Crippen LogP contribution is -2.10. The monoisotopic (exact) mass is 391 g/mol. The molecule has 0 spiro atoms. The Morgan fingerprint density at radius 3 is 2.71 bits per heavy atom. The summed E-state index contributed by atoms with van der Waals surface area (Å²) in [5, 5.41) is 12.7. The minimum Gasteiger partial charge on any atom is -0.512 e. The van der Waals surface area contributed by atoms with E-state index in [0.717, 1.165) is 17.4 Å². The maximum Gasteiger partial charge on any atom is 0.211 e. The highest BCUT2D eigenvalue weighted by Gasteiger charge is 2.14. The number of methoxy groups -OCH3 is 1. The number of nitrogens with one attached hydrogen (secondary N) is 1. The summed E-state index contributed by atoms with van der Waals surface area (Å²) in [6, 6.07) is 7.56. The molecule has 1 aromatic heterocycles. The zero-order valence-electron chi connectivity index (χ0n) is 13.4. The van der Waals surface area contributed by atoms with Crippen molar-refractivity contribution in [1.82, 2.24) is 9.97 Å². The Morgan fingerprint density at radius 2 is 2.08 bits per heavy atom. The lowest BCUT2D eigenvalue weighted by molar-refractivity contribution is 0.103. The number of aromatic nitrogens is 2. The van der Waals surface area contributed by atoms with Crippen molar-refractivity contribution < 1.29 is 14.6 Å². The molecule has 24 heavy (non-hydrogen) atoms. The average Bonchev–Trinajstić information content (AvgIpc) is 2.60. The lowest BCUT2D eigenvalue weighted by atomic mass is 10.2. The fourth-order valence-electron chi connectivity index (χ4n) is 1.92. The van der Waals surface area contributed by atoms with Gasteiger partial charge in [0.15, 0.2) is 11.5 Å². The van der Waals surface area contributed by atoms with Crippen LogP contribution in [0, 0.1) is 0 Å². The summed E-state index contributed by atoms with van der Waals surface area (Å²) in [7, 11) is 1.61. The average molecular weight is 392 g/mol. The van der Waals surface area contributed by atoms with Gasteiger partial charge in [0.2, 0.25) is 5.78 Å². The van der Waals surface area contributed by atoms with Crippen LogP contribution in [0.3, 0.4) is 0 Å². The number of benzene rings is 1. The largest absolute Gasteiger partial charge is 0.512 e. The lowest BCUT2D eigenvalue weighted by Gasteiger charge is -2.09. The number of aliphatic hydroxyl groups is 1. The second-order valence-electron chi connectivity index (χ2n) is 4.95. The molecule has 0 radical (unpaired) electrons. The Labute approximate surface area is 148 Å². The van der Waals surface area contributed by atoms with Gasteiger partial charge in [-0.2, -0.15) is 0 Å². The van der Waals surface area contributed by atoms with Gasteiger partial charge in [-0.05, 0) is 33.6 Å². The molecule has 6 nitrogen and oxygen atoms in total. The normalized spacial score (nSPS) is 11.2. The topological polar surface area (TPSA) is 84.3 Å². The zero-order valence-corrected chi connectivity index (χ0v) is 15.0. The summed E-state index contributed by atoms with van der Waals surface area (Å²) < 4.78 is 5.57. The first-order valence-corrected chi connectivity index (χ1v) is 8.16. The summed E-state index contributed by atoms with van der Waals surface area (Å²) in [6.45, 7) is 2.23. The van der Waals surface area contributed by atoms with Crippen molar-refractivity contribution in [3.8, 4) is 5.75 Å². The van der Waals surface area contributed by atoms with Gasteiger partial charge in [0.1, 0.15) is 10.4 Å². The predicted octanol–water partition coefficient (Wildman–Crippen LogP) is 3.89. The smallest absolute Gasteiger partial charge is 0.211 e. The summed E-state index contributed by atoms with van der Waals surface area (Å²) in [5.74, 6) is 0.737. The van der Waals surface area contributed by atoms with Gasteiger partial charge in [0.05, 0.1) is 19.1 Å². The molecule has 126 valence electrons. The van der Waals surface area contributed by atoms with Crippen molar-refractivity contribution in [3.63, 3.8) is 0 Å². The molecule has 0 aliphatic heterocycles. The molecule has 0 atom stereocenters. The third-order valence-electron chi connectivity index (χ3n) is 3.26. The molecule has 0 aliphatic rings. The van der Waals surface area contributed by atoms with Gasteiger partial charge in [0, 0.05) is 19.0 Å². The number of nitrogens with zero attached hydrogens (tertiary/aromatic N) is 2. The van der Waals surface area contributed by atoms with Crippen LogP contribution in [-0.2, 0) is 6.54 Å². The molecule has 0 bridgehead atoms. The van der Waals surface area contributed by atoms with E-state index in [4.69, 9.17) is 4.74 Å². The number of ketones is 1. The molecule has 0 saturated heterocycles. The minimum absolute atomic E-state index is 0.00267. The van der Waals surface area contributed by atoms with Crippen LogP contribution in [0.1, 0.15) is 29.4 Å². The van der Waals surface area contributed by atoms with E-state index >= 15 is 0 Å². The van der Waals surface area contributed by atoms with Crippen LogP contribution in [0.15, 0.2) is 46.9 Å². The van der Waals surface area contributed by atoms with Crippen molar-refractivity contribution in [2.75, 3.05) is 12.4 Å². The van der Waals surface area contributed by atoms with Crippen LogP contribution in [0.25, 0.3) is 0 Å². The van der Waals surface area contributed by atoms with E-state index in [-0.39, 0.29) is 11.5 Å². The maximum atomic E-state index is 12.3. The van der Waals surface area contributed by atoms with Gasteiger partial charge in [0.25, 0.3) is 0 Å². The molecule has 0 fully saturated rings. The Morgan fingerprint density at radius 1 is 1.38 bits per heavy atom. The fraction of sp³-hybridized carbons (Fsp3) is 0.235. The van der Waals surface area contributed by atoms with Gasteiger partial charge >= 0.3 is 0 Å². The van der Waals surface area contributed by atoms with Crippen molar-refractivity contribution in [2.45, 2.75) is 19.9 Å². The number of allylic oxidation sites excluding steroid dienone is 2. The van der Waals surface area contributed by atoms with Gasteiger partial charge in [-0.1, -0.05) is 19.1 Å². The number of hydrogen-bond donors (Lipinski definition) is 2. The molecule has 2 aromatic rings. The molecule has 0 saturated carbocycles. The van der Waals surface area contributed by atoms with Crippen molar-refractivity contribution in [3.05, 3.63) is 58.2 Å². The Bertz CT molecular complexity index is 745. The first-order chi connectivity index (χ1) is 11.5. The van der Waals surface area contributed by atoms with Crippen LogP contribution < -0.4 is 10.1 Å². The molecular weight excluding hydrogens is 374 g/mol. The Kier molecular flexibility index (Phi) is 6.31. The SMILES string of the molecule is CC/C(O)=C/C(=O)c1nc(Br)cnc1NCc1ccc(OC)cc1. The summed E-state index contributed by atoms with van der Waals surface area (Å²) in [4.78, 5) is 20.6. The Balaban J connectivity index is 2.18.